The predicted octanol–water partition coefficient (Wildman–Crippen LogP) is 8.37. The van der Waals surface area contributed by atoms with Gasteiger partial charge < -0.3 is 14.7 Å². The van der Waals surface area contributed by atoms with Crippen molar-refractivity contribution in [2.24, 2.45) is 0 Å². The highest BCUT2D eigenvalue weighted by Crippen LogP contribution is 2.35. The second-order valence-electron chi connectivity index (χ2n) is 9.87. The molecule has 5 heterocycles. The highest BCUT2D eigenvalue weighted by atomic mass is 16.5. The Bertz CT molecular complexity index is 1780. The van der Waals surface area contributed by atoms with Gasteiger partial charge in [-0.15, -0.1) is 0 Å². The lowest BCUT2D eigenvalue weighted by Gasteiger charge is -2.05. The van der Waals surface area contributed by atoms with Crippen LogP contribution in [0, 0.1) is 6.92 Å². The first kappa shape index (κ1) is 24.0. The van der Waals surface area contributed by atoms with Crippen LogP contribution in [-0.4, -0.2) is 27.0 Å². The molecule has 2 aliphatic rings. The number of allylic oxidation sites excluding steroid dienone is 2. The lowest BCUT2D eigenvalue weighted by molar-refractivity contribution is 0.415. The van der Waals surface area contributed by atoms with Gasteiger partial charge >= 0.3 is 0 Å². The molecule has 5 heteroatoms. The van der Waals surface area contributed by atoms with Gasteiger partial charge in [0.15, 0.2) is 0 Å². The quantitative estimate of drug-likeness (QED) is 0.260. The Balaban J connectivity index is 1.74. The fourth-order valence-electron chi connectivity index (χ4n) is 5.61. The van der Waals surface area contributed by atoms with E-state index in [0.29, 0.717) is 0 Å². The fraction of sp³-hybridized carbons (Fsp3) is 0.212. The van der Waals surface area contributed by atoms with Crippen LogP contribution in [0.5, 0.6) is 5.75 Å². The topological polar surface area (TPSA) is 66.6 Å². The number of hydrogen-bond acceptors (Lipinski definition) is 3. The SMILES string of the molecule is CCC1=C(C)c2cc3nc(c(-c4ccc(OC)cc4)c4ccc(cc5[nH]c(cc1n2)c(CC)c5C)[nH]4)C=C3. The van der Waals surface area contributed by atoms with E-state index in [-0.39, 0.29) is 0 Å². The van der Waals surface area contributed by atoms with Gasteiger partial charge in [0.2, 0.25) is 0 Å². The number of ether oxygens (including phenoxy) is 1. The molecule has 0 saturated heterocycles. The number of nitrogens with zero attached hydrogens (tertiary/aromatic N) is 2. The molecule has 0 saturated carbocycles. The molecule has 0 aliphatic carbocycles. The Morgan fingerprint density at radius 3 is 2.32 bits per heavy atom. The zero-order chi connectivity index (χ0) is 26.4. The van der Waals surface area contributed by atoms with Crippen LogP contribution in [0.4, 0.5) is 0 Å². The van der Waals surface area contributed by atoms with Gasteiger partial charge in [-0.05, 0) is 109 Å². The molecular weight excluding hydrogens is 468 g/mol. The maximum absolute atomic E-state index is 5.40. The zero-order valence-corrected chi connectivity index (χ0v) is 22.6. The van der Waals surface area contributed by atoms with Gasteiger partial charge in [0.25, 0.3) is 0 Å². The highest BCUT2D eigenvalue weighted by Gasteiger charge is 2.17. The largest absolute Gasteiger partial charge is 0.497 e. The Labute approximate surface area is 223 Å². The molecule has 190 valence electrons. The van der Waals surface area contributed by atoms with E-state index in [9.17, 15) is 0 Å². The first-order valence-corrected chi connectivity index (χ1v) is 13.3. The Morgan fingerprint density at radius 1 is 0.763 bits per heavy atom. The zero-order valence-electron chi connectivity index (χ0n) is 22.6. The van der Waals surface area contributed by atoms with Gasteiger partial charge in [-0.3, -0.25) is 0 Å². The Morgan fingerprint density at radius 2 is 1.58 bits per heavy atom. The molecule has 4 aromatic rings. The van der Waals surface area contributed by atoms with Gasteiger partial charge in [0.1, 0.15) is 5.75 Å². The van der Waals surface area contributed by atoms with Gasteiger partial charge in [-0.1, -0.05) is 26.0 Å². The number of nitrogens with one attached hydrogen (secondary N) is 2. The summed E-state index contributed by atoms with van der Waals surface area (Å²) in [6, 6.07) is 18.9. The standard InChI is InChI=1S/C33H32N4O/c1-6-25-19(3)29-16-22-10-14-27(34-22)33(21-8-12-24(38-5)13-9-21)28-15-11-23(35-28)17-30-20(4)26(7-2)32(37-30)18-31(25)36-29/h8-18,34,36H,6-7H2,1-5H3. The summed E-state index contributed by atoms with van der Waals surface area (Å²) >= 11 is 0. The third kappa shape index (κ3) is 4.04. The normalized spacial score (nSPS) is 12.9. The van der Waals surface area contributed by atoms with Crippen molar-refractivity contribution < 1.29 is 4.74 Å². The van der Waals surface area contributed by atoms with Crippen molar-refractivity contribution >= 4 is 45.4 Å². The average molecular weight is 501 g/mol. The molecule has 2 N–H and O–H groups in total. The summed E-state index contributed by atoms with van der Waals surface area (Å²) in [6.45, 7) is 8.78. The molecule has 8 bridgehead atoms. The number of benzene rings is 1. The van der Waals surface area contributed by atoms with Gasteiger partial charge in [0.05, 0.1) is 29.9 Å². The number of aromatic amines is 2. The lowest BCUT2D eigenvalue weighted by atomic mass is 10.0. The molecule has 2 aliphatic heterocycles. The molecule has 6 rings (SSSR count). The van der Waals surface area contributed by atoms with Crippen molar-refractivity contribution in [1.82, 2.24) is 19.9 Å². The summed E-state index contributed by atoms with van der Waals surface area (Å²) in [4.78, 5) is 17.5. The van der Waals surface area contributed by atoms with E-state index in [0.717, 1.165) is 74.6 Å². The van der Waals surface area contributed by atoms with Crippen LogP contribution < -0.4 is 4.74 Å². The monoisotopic (exact) mass is 500 g/mol. The fourth-order valence-corrected chi connectivity index (χ4v) is 5.61. The Hall–Kier alpha value is -4.38. The van der Waals surface area contributed by atoms with E-state index in [2.05, 4.69) is 92.3 Å². The van der Waals surface area contributed by atoms with E-state index in [1.54, 1.807) is 7.11 Å². The van der Waals surface area contributed by atoms with Gasteiger partial charge in [-0.2, -0.15) is 0 Å². The molecule has 1 aromatic carbocycles. The molecule has 3 aromatic heterocycles. The predicted molar refractivity (Wildman–Crippen MR) is 159 cm³/mol. The number of methoxy groups -OCH3 is 1. The summed E-state index contributed by atoms with van der Waals surface area (Å²) in [5, 5.41) is 0. The summed E-state index contributed by atoms with van der Waals surface area (Å²) < 4.78 is 5.40. The van der Waals surface area contributed by atoms with Crippen LogP contribution in [0.3, 0.4) is 0 Å². The van der Waals surface area contributed by atoms with Crippen molar-refractivity contribution in [1.29, 1.82) is 0 Å². The van der Waals surface area contributed by atoms with Crippen molar-refractivity contribution in [3.05, 3.63) is 88.5 Å². The Kier molecular flexibility index (Phi) is 5.99. The van der Waals surface area contributed by atoms with E-state index >= 15 is 0 Å². The smallest absolute Gasteiger partial charge is 0.118 e. The summed E-state index contributed by atoms with van der Waals surface area (Å²) in [7, 11) is 1.69. The number of rotatable bonds is 4. The molecule has 0 radical (unpaired) electrons. The van der Waals surface area contributed by atoms with Gasteiger partial charge in [-0.25, -0.2) is 9.97 Å². The van der Waals surface area contributed by atoms with Crippen LogP contribution in [0.25, 0.3) is 56.5 Å². The third-order valence-corrected chi connectivity index (χ3v) is 7.68. The number of H-pyrrole nitrogens is 2. The number of fused-ring (bicyclic) bond motifs is 8. The number of hydrogen-bond donors (Lipinski definition) is 2. The van der Waals surface area contributed by atoms with Crippen LogP contribution in [-0.2, 0) is 6.42 Å². The second kappa shape index (κ2) is 9.49. The molecular formula is C33H32N4O. The minimum absolute atomic E-state index is 0.828. The first-order valence-electron chi connectivity index (χ1n) is 13.3. The van der Waals surface area contributed by atoms with Crippen LogP contribution in [0.1, 0.15) is 61.1 Å². The average Bonchev–Trinajstić information content (AvgIpc) is 3.69. The van der Waals surface area contributed by atoms with Crippen molar-refractivity contribution in [2.75, 3.05) is 7.11 Å². The van der Waals surface area contributed by atoms with Gasteiger partial charge in [0, 0.05) is 27.6 Å². The summed E-state index contributed by atoms with van der Waals surface area (Å²) in [5.41, 5.74) is 15.3. The van der Waals surface area contributed by atoms with E-state index in [1.165, 1.54) is 22.3 Å². The van der Waals surface area contributed by atoms with Crippen LogP contribution in [0.2, 0.25) is 0 Å². The molecule has 38 heavy (non-hydrogen) atoms. The maximum Gasteiger partial charge on any atom is 0.118 e. The van der Waals surface area contributed by atoms with E-state index < -0.39 is 0 Å². The maximum atomic E-state index is 5.40. The van der Waals surface area contributed by atoms with E-state index in [4.69, 9.17) is 14.7 Å². The molecule has 0 amide bonds. The summed E-state index contributed by atoms with van der Waals surface area (Å²) in [5.74, 6) is 0.828. The third-order valence-electron chi connectivity index (χ3n) is 7.68. The minimum Gasteiger partial charge on any atom is -0.497 e. The number of aromatic nitrogens is 4. The van der Waals surface area contributed by atoms with Crippen molar-refractivity contribution in [2.45, 2.75) is 40.5 Å². The van der Waals surface area contributed by atoms with Crippen LogP contribution in [0.15, 0.2) is 54.6 Å². The van der Waals surface area contributed by atoms with Crippen LogP contribution >= 0.6 is 0 Å². The molecule has 5 nitrogen and oxygen atoms in total. The van der Waals surface area contributed by atoms with E-state index in [1.807, 2.05) is 12.1 Å². The minimum atomic E-state index is 0.828. The van der Waals surface area contributed by atoms with Crippen molar-refractivity contribution in [3.8, 4) is 16.9 Å². The molecule has 0 fully saturated rings. The second-order valence-corrected chi connectivity index (χ2v) is 9.87. The summed E-state index contributed by atoms with van der Waals surface area (Å²) in [6.07, 6.45) is 6.05. The molecule has 0 spiro atoms. The van der Waals surface area contributed by atoms with Crippen molar-refractivity contribution in [3.63, 3.8) is 0 Å². The first-order chi connectivity index (χ1) is 18.5. The lowest BCUT2D eigenvalue weighted by Crippen LogP contribution is -1.87. The number of aryl methyl sites for hydroxylation is 2. The highest BCUT2D eigenvalue weighted by molar-refractivity contribution is 5.94. The molecule has 0 atom stereocenters. The molecule has 0 unspecified atom stereocenters.